The van der Waals surface area contributed by atoms with E-state index in [0.29, 0.717) is 0 Å². The predicted octanol–water partition coefficient (Wildman–Crippen LogP) is 6.54. The lowest BCUT2D eigenvalue weighted by atomic mass is 10.2. The lowest BCUT2D eigenvalue weighted by Crippen LogP contribution is -1.99. The van der Waals surface area contributed by atoms with Gasteiger partial charge in [-0.05, 0) is 48.9 Å². The number of hydrogen-bond acceptors (Lipinski definition) is 4. The van der Waals surface area contributed by atoms with Crippen LogP contribution in [-0.4, -0.2) is 20.3 Å². The molecular formula is C25H27FN4S. The fourth-order valence-corrected chi connectivity index (χ4v) is 4.58. The quantitative estimate of drug-likeness (QED) is 0.215. The van der Waals surface area contributed by atoms with Crippen LogP contribution in [0.3, 0.4) is 0 Å². The number of halogens is 1. The van der Waals surface area contributed by atoms with E-state index in [2.05, 4.69) is 38.2 Å². The van der Waals surface area contributed by atoms with Gasteiger partial charge in [0.25, 0.3) is 0 Å². The normalized spacial score (nSPS) is 11.1. The van der Waals surface area contributed by atoms with Gasteiger partial charge in [-0.25, -0.2) is 9.37 Å². The van der Waals surface area contributed by atoms with E-state index in [0.717, 1.165) is 47.5 Å². The highest BCUT2D eigenvalue weighted by Crippen LogP contribution is 2.28. The Morgan fingerprint density at radius 2 is 1.81 bits per heavy atom. The van der Waals surface area contributed by atoms with Gasteiger partial charge >= 0.3 is 0 Å². The number of rotatable bonds is 11. The molecule has 2 aromatic heterocycles. The molecule has 0 bridgehead atoms. The number of nitrogens with one attached hydrogen (secondary N) is 1. The summed E-state index contributed by atoms with van der Waals surface area (Å²) in [6.45, 7) is 1.75. The Labute approximate surface area is 186 Å². The van der Waals surface area contributed by atoms with Crippen LogP contribution in [0.15, 0.2) is 78.2 Å². The SMILES string of the molecule is Fc1ccc2c(SCCCCCCn3cnc(CNc4ccccc4)c3)ccnc2c1. The van der Waals surface area contributed by atoms with E-state index < -0.39 is 0 Å². The Morgan fingerprint density at radius 1 is 0.935 bits per heavy atom. The van der Waals surface area contributed by atoms with Crippen LogP contribution in [0.1, 0.15) is 31.4 Å². The minimum absolute atomic E-state index is 0.236. The second-order valence-electron chi connectivity index (χ2n) is 7.56. The van der Waals surface area contributed by atoms with Crippen molar-refractivity contribution < 1.29 is 4.39 Å². The summed E-state index contributed by atoms with van der Waals surface area (Å²) in [5, 5.41) is 4.43. The smallest absolute Gasteiger partial charge is 0.125 e. The van der Waals surface area contributed by atoms with Crippen LogP contribution in [0.5, 0.6) is 0 Å². The molecule has 6 heteroatoms. The minimum atomic E-state index is -0.236. The molecule has 0 saturated carbocycles. The Balaban J connectivity index is 1.12. The number of fused-ring (bicyclic) bond motifs is 1. The third kappa shape index (κ3) is 6.31. The van der Waals surface area contributed by atoms with Crippen molar-refractivity contribution in [3.05, 3.63) is 84.8 Å². The number of hydrogen-bond donors (Lipinski definition) is 1. The monoisotopic (exact) mass is 434 g/mol. The Hall–Kier alpha value is -2.86. The maximum absolute atomic E-state index is 13.4. The van der Waals surface area contributed by atoms with Crippen molar-refractivity contribution in [2.24, 2.45) is 0 Å². The first-order valence-corrected chi connectivity index (χ1v) is 11.7. The zero-order valence-electron chi connectivity index (χ0n) is 17.5. The van der Waals surface area contributed by atoms with Gasteiger partial charge in [0.05, 0.1) is 24.1 Å². The summed E-state index contributed by atoms with van der Waals surface area (Å²) < 4.78 is 15.6. The topological polar surface area (TPSA) is 42.7 Å². The zero-order valence-corrected chi connectivity index (χ0v) is 18.3. The highest BCUT2D eigenvalue weighted by atomic mass is 32.2. The highest BCUT2D eigenvalue weighted by Gasteiger charge is 2.04. The number of thioether (sulfide) groups is 1. The number of nitrogens with zero attached hydrogens (tertiary/aromatic N) is 3. The van der Waals surface area contributed by atoms with E-state index >= 15 is 0 Å². The number of pyridine rings is 1. The van der Waals surface area contributed by atoms with Crippen molar-refractivity contribution in [1.82, 2.24) is 14.5 Å². The number of aromatic nitrogens is 3. The maximum atomic E-state index is 13.4. The van der Waals surface area contributed by atoms with Gasteiger partial charge in [-0.2, -0.15) is 0 Å². The van der Waals surface area contributed by atoms with Crippen molar-refractivity contribution in [3.8, 4) is 0 Å². The van der Waals surface area contributed by atoms with Crippen molar-refractivity contribution in [3.63, 3.8) is 0 Å². The lowest BCUT2D eigenvalue weighted by Gasteiger charge is -2.06. The first-order valence-electron chi connectivity index (χ1n) is 10.7. The summed E-state index contributed by atoms with van der Waals surface area (Å²) in [4.78, 5) is 9.94. The highest BCUT2D eigenvalue weighted by molar-refractivity contribution is 7.99. The number of anilines is 1. The number of unbranched alkanes of at least 4 members (excludes halogenated alkanes) is 3. The Bertz CT molecular complexity index is 1100. The second-order valence-corrected chi connectivity index (χ2v) is 8.69. The number of benzene rings is 2. The third-order valence-electron chi connectivity index (χ3n) is 5.17. The average molecular weight is 435 g/mol. The Morgan fingerprint density at radius 3 is 2.71 bits per heavy atom. The number of para-hydroxylation sites is 1. The van der Waals surface area contributed by atoms with E-state index in [1.807, 2.05) is 48.4 Å². The van der Waals surface area contributed by atoms with Gasteiger partial charge in [0.2, 0.25) is 0 Å². The van der Waals surface area contributed by atoms with Crippen LogP contribution in [-0.2, 0) is 13.1 Å². The molecule has 4 nitrogen and oxygen atoms in total. The zero-order chi connectivity index (χ0) is 21.3. The van der Waals surface area contributed by atoms with Crippen LogP contribution < -0.4 is 5.32 Å². The van der Waals surface area contributed by atoms with Crippen LogP contribution in [0.25, 0.3) is 10.9 Å². The van der Waals surface area contributed by atoms with Crippen molar-refractivity contribution in [1.29, 1.82) is 0 Å². The molecule has 0 unspecified atom stereocenters. The predicted molar refractivity (Wildman–Crippen MR) is 127 cm³/mol. The largest absolute Gasteiger partial charge is 0.379 e. The first kappa shape index (κ1) is 21.4. The molecule has 1 N–H and O–H groups in total. The summed E-state index contributed by atoms with van der Waals surface area (Å²) in [5.74, 6) is 0.830. The van der Waals surface area contributed by atoms with E-state index in [1.165, 1.54) is 36.3 Å². The molecule has 0 aliphatic rings. The van der Waals surface area contributed by atoms with Gasteiger partial charge < -0.3 is 9.88 Å². The molecule has 0 aliphatic carbocycles. The molecule has 0 amide bonds. The Kier molecular flexibility index (Phi) is 7.56. The number of imidazole rings is 1. The molecule has 0 radical (unpaired) electrons. The van der Waals surface area contributed by atoms with Gasteiger partial charge in [-0.15, -0.1) is 11.8 Å². The molecule has 0 aliphatic heterocycles. The van der Waals surface area contributed by atoms with E-state index in [9.17, 15) is 4.39 Å². The summed E-state index contributed by atoms with van der Waals surface area (Å²) in [6.07, 6.45) is 10.6. The molecule has 2 aromatic carbocycles. The molecular weight excluding hydrogens is 407 g/mol. The first-order chi connectivity index (χ1) is 15.3. The summed E-state index contributed by atoms with van der Waals surface area (Å²) in [6, 6.07) is 17.1. The van der Waals surface area contributed by atoms with Crippen molar-refractivity contribution in [2.75, 3.05) is 11.1 Å². The van der Waals surface area contributed by atoms with Crippen LogP contribution in [0, 0.1) is 5.82 Å². The fraction of sp³-hybridized carbons (Fsp3) is 0.280. The van der Waals surface area contributed by atoms with Gasteiger partial charge in [-0.3, -0.25) is 4.98 Å². The van der Waals surface area contributed by atoms with E-state index in [-0.39, 0.29) is 5.82 Å². The fourth-order valence-electron chi connectivity index (χ4n) is 3.52. The molecule has 0 spiro atoms. The summed E-state index contributed by atoms with van der Waals surface area (Å²) in [7, 11) is 0. The molecule has 31 heavy (non-hydrogen) atoms. The van der Waals surface area contributed by atoms with Crippen LogP contribution in [0.2, 0.25) is 0 Å². The van der Waals surface area contributed by atoms with E-state index in [4.69, 9.17) is 0 Å². The van der Waals surface area contributed by atoms with Gasteiger partial charge in [0.15, 0.2) is 0 Å². The molecule has 4 rings (SSSR count). The summed E-state index contributed by atoms with van der Waals surface area (Å²) in [5.41, 5.74) is 2.90. The summed E-state index contributed by atoms with van der Waals surface area (Å²) >= 11 is 1.83. The lowest BCUT2D eigenvalue weighted by molar-refractivity contribution is 0.583. The minimum Gasteiger partial charge on any atom is -0.379 e. The molecule has 160 valence electrons. The molecule has 4 aromatic rings. The third-order valence-corrected chi connectivity index (χ3v) is 6.33. The van der Waals surface area contributed by atoms with Gasteiger partial charge in [0.1, 0.15) is 5.82 Å². The standard InChI is InChI=1S/C25H27FN4S/c26-20-10-11-23-24(16-20)27-13-12-25(23)31-15-7-2-1-6-14-30-18-22(29-19-30)17-28-21-8-4-3-5-9-21/h3-5,8-13,16,18-19,28H,1-2,6-7,14-15,17H2. The van der Waals surface area contributed by atoms with Crippen LogP contribution >= 0.6 is 11.8 Å². The second kappa shape index (κ2) is 11.0. The van der Waals surface area contributed by atoms with Crippen molar-refractivity contribution >= 4 is 28.4 Å². The average Bonchev–Trinajstić information content (AvgIpc) is 3.25. The van der Waals surface area contributed by atoms with Crippen LogP contribution in [0.4, 0.5) is 10.1 Å². The molecule has 0 fully saturated rings. The van der Waals surface area contributed by atoms with E-state index in [1.54, 1.807) is 6.20 Å². The maximum Gasteiger partial charge on any atom is 0.125 e. The van der Waals surface area contributed by atoms with Gasteiger partial charge in [0, 0.05) is 41.0 Å². The molecule has 0 atom stereocenters. The molecule has 0 saturated heterocycles. The molecule has 2 heterocycles. The van der Waals surface area contributed by atoms with Gasteiger partial charge in [-0.1, -0.05) is 31.0 Å². The number of aryl methyl sites for hydroxylation is 1. The van der Waals surface area contributed by atoms with Crippen molar-refractivity contribution in [2.45, 2.75) is 43.7 Å².